The lowest BCUT2D eigenvalue weighted by Crippen LogP contribution is -2.48. The molecule has 0 bridgehead atoms. The first kappa shape index (κ1) is 25.1. The smallest absolute Gasteiger partial charge is 0.242 e. The molecule has 0 saturated heterocycles. The molecule has 0 aliphatic rings. The molecule has 0 radical (unpaired) electrons. The summed E-state index contributed by atoms with van der Waals surface area (Å²) < 4.78 is 5.18. The number of ether oxygens (including phenoxy) is 1. The second-order valence-corrected chi connectivity index (χ2v) is 9.23. The molecule has 1 atom stereocenters. The van der Waals surface area contributed by atoms with Gasteiger partial charge in [-0.15, -0.1) is 11.8 Å². The Morgan fingerprint density at radius 3 is 2.23 bits per heavy atom. The molecule has 0 fully saturated rings. The molecule has 31 heavy (non-hydrogen) atoms. The number of halogens is 1. The van der Waals surface area contributed by atoms with Crippen LogP contribution in [0, 0.1) is 5.92 Å². The molecular weight excluding hydrogens is 432 g/mol. The zero-order valence-corrected chi connectivity index (χ0v) is 20.1. The summed E-state index contributed by atoms with van der Waals surface area (Å²) in [5.74, 6) is 1.94. The van der Waals surface area contributed by atoms with Crippen molar-refractivity contribution in [3.8, 4) is 5.75 Å². The van der Waals surface area contributed by atoms with Crippen LogP contribution in [0.5, 0.6) is 5.75 Å². The Morgan fingerprint density at radius 1 is 1.03 bits per heavy atom. The van der Waals surface area contributed by atoms with Crippen molar-refractivity contribution in [2.45, 2.75) is 39.1 Å². The van der Waals surface area contributed by atoms with Gasteiger partial charge in [0.2, 0.25) is 11.8 Å². The normalized spacial score (nSPS) is 11.8. The summed E-state index contributed by atoms with van der Waals surface area (Å²) in [4.78, 5) is 27.4. The monoisotopic (exact) mass is 462 g/mol. The van der Waals surface area contributed by atoms with Gasteiger partial charge in [-0.3, -0.25) is 9.59 Å². The van der Waals surface area contributed by atoms with Crippen molar-refractivity contribution in [1.82, 2.24) is 10.2 Å². The highest BCUT2D eigenvalue weighted by Gasteiger charge is 2.26. The summed E-state index contributed by atoms with van der Waals surface area (Å²) in [5, 5.41) is 3.57. The van der Waals surface area contributed by atoms with E-state index in [1.165, 1.54) is 11.8 Å². The van der Waals surface area contributed by atoms with Gasteiger partial charge < -0.3 is 15.0 Å². The minimum atomic E-state index is -0.566. The molecule has 0 saturated carbocycles. The van der Waals surface area contributed by atoms with Crippen LogP contribution in [0.25, 0.3) is 0 Å². The van der Waals surface area contributed by atoms with Crippen LogP contribution in [0.4, 0.5) is 0 Å². The van der Waals surface area contributed by atoms with Crippen molar-refractivity contribution in [3.63, 3.8) is 0 Å². The van der Waals surface area contributed by atoms with E-state index in [2.05, 4.69) is 5.32 Å². The standard InChI is InChI=1S/C24H31ClN2O3S/c1-17(2)13-26-24(29)18(3)27(14-19-5-9-21(25)10-6-19)23(28)16-31-15-20-7-11-22(30-4)12-8-20/h5-12,17-18H,13-16H2,1-4H3,(H,26,29). The summed E-state index contributed by atoms with van der Waals surface area (Å²) in [6.07, 6.45) is 0. The van der Waals surface area contributed by atoms with E-state index in [9.17, 15) is 9.59 Å². The third kappa shape index (κ3) is 8.46. The predicted octanol–water partition coefficient (Wildman–Crippen LogP) is 4.77. The van der Waals surface area contributed by atoms with Crippen LogP contribution in [-0.4, -0.2) is 42.2 Å². The van der Waals surface area contributed by atoms with Gasteiger partial charge in [0.05, 0.1) is 12.9 Å². The van der Waals surface area contributed by atoms with Crippen molar-refractivity contribution in [3.05, 3.63) is 64.7 Å². The number of hydrogen-bond donors (Lipinski definition) is 1. The lowest BCUT2D eigenvalue weighted by atomic mass is 10.1. The average molecular weight is 463 g/mol. The van der Waals surface area contributed by atoms with Crippen LogP contribution < -0.4 is 10.1 Å². The van der Waals surface area contributed by atoms with Gasteiger partial charge in [0.25, 0.3) is 0 Å². The summed E-state index contributed by atoms with van der Waals surface area (Å²) in [6.45, 7) is 6.79. The lowest BCUT2D eigenvalue weighted by Gasteiger charge is -2.29. The minimum Gasteiger partial charge on any atom is -0.497 e. The molecule has 1 unspecified atom stereocenters. The molecule has 0 aliphatic heterocycles. The van der Waals surface area contributed by atoms with Crippen LogP contribution in [0.3, 0.4) is 0 Å². The Labute approximate surface area is 194 Å². The Hall–Kier alpha value is -2.18. The first-order valence-electron chi connectivity index (χ1n) is 10.3. The van der Waals surface area contributed by atoms with Gasteiger partial charge in [-0.05, 0) is 48.2 Å². The fourth-order valence-corrected chi connectivity index (χ4v) is 3.88. The van der Waals surface area contributed by atoms with E-state index in [-0.39, 0.29) is 11.8 Å². The van der Waals surface area contributed by atoms with E-state index in [0.717, 1.165) is 16.9 Å². The Bertz CT molecular complexity index is 841. The van der Waals surface area contributed by atoms with Crippen LogP contribution in [-0.2, 0) is 21.9 Å². The van der Waals surface area contributed by atoms with Gasteiger partial charge in [-0.2, -0.15) is 0 Å². The van der Waals surface area contributed by atoms with E-state index in [1.807, 2.05) is 50.2 Å². The van der Waals surface area contributed by atoms with Crippen LogP contribution in [0.1, 0.15) is 31.9 Å². The van der Waals surface area contributed by atoms with Gasteiger partial charge in [-0.1, -0.05) is 49.7 Å². The number of carbonyl (C=O) groups is 2. The zero-order chi connectivity index (χ0) is 22.8. The molecule has 1 N–H and O–H groups in total. The zero-order valence-electron chi connectivity index (χ0n) is 18.6. The summed E-state index contributed by atoms with van der Waals surface area (Å²) in [7, 11) is 1.64. The van der Waals surface area contributed by atoms with Gasteiger partial charge in [0.15, 0.2) is 0 Å². The first-order chi connectivity index (χ1) is 14.8. The molecule has 5 nitrogen and oxygen atoms in total. The number of rotatable bonds is 11. The number of carbonyl (C=O) groups excluding carboxylic acids is 2. The van der Waals surface area contributed by atoms with Gasteiger partial charge in [0.1, 0.15) is 11.8 Å². The predicted molar refractivity (Wildman–Crippen MR) is 128 cm³/mol. The Kier molecular flexibility index (Phi) is 10.2. The third-order valence-corrected chi connectivity index (χ3v) is 6.01. The summed E-state index contributed by atoms with van der Waals surface area (Å²) in [6, 6.07) is 14.6. The maximum atomic E-state index is 13.1. The molecule has 2 aromatic rings. The van der Waals surface area contributed by atoms with E-state index >= 15 is 0 Å². The number of benzene rings is 2. The second-order valence-electron chi connectivity index (χ2n) is 7.80. The lowest BCUT2D eigenvalue weighted by molar-refractivity contribution is -0.138. The molecule has 2 rings (SSSR count). The molecule has 0 aromatic heterocycles. The van der Waals surface area contributed by atoms with E-state index in [1.54, 1.807) is 31.1 Å². The number of nitrogens with zero attached hydrogens (tertiary/aromatic N) is 1. The van der Waals surface area contributed by atoms with Gasteiger partial charge in [0, 0.05) is 23.9 Å². The quantitative estimate of drug-likeness (QED) is 0.522. The number of nitrogens with one attached hydrogen (secondary N) is 1. The van der Waals surface area contributed by atoms with Gasteiger partial charge in [-0.25, -0.2) is 0 Å². The molecule has 0 heterocycles. The van der Waals surface area contributed by atoms with Crippen LogP contribution in [0.2, 0.25) is 5.02 Å². The molecule has 2 aromatic carbocycles. The molecule has 168 valence electrons. The maximum absolute atomic E-state index is 13.1. The highest BCUT2D eigenvalue weighted by Crippen LogP contribution is 2.19. The third-order valence-electron chi connectivity index (χ3n) is 4.77. The Balaban J connectivity index is 2.03. The highest BCUT2D eigenvalue weighted by molar-refractivity contribution is 7.99. The number of thioether (sulfide) groups is 1. The fourth-order valence-electron chi connectivity index (χ4n) is 2.88. The fraction of sp³-hybridized carbons (Fsp3) is 0.417. The van der Waals surface area contributed by atoms with E-state index in [4.69, 9.17) is 16.3 Å². The molecular formula is C24H31ClN2O3S. The van der Waals surface area contributed by atoms with E-state index in [0.29, 0.717) is 35.5 Å². The maximum Gasteiger partial charge on any atom is 0.242 e. The van der Waals surface area contributed by atoms with Crippen LogP contribution >= 0.6 is 23.4 Å². The largest absolute Gasteiger partial charge is 0.497 e. The first-order valence-corrected chi connectivity index (χ1v) is 11.9. The SMILES string of the molecule is COc1ccc(CSCC(=O)N(Cc2ccc(Cl)cc2)C(C)C(=O)NCC(C)C)cc1. The van der Waals surface area contributed by atoms with Crippen LogP contribution in [0.15, 0.2) is 48.5 Å². The number of methoxy groups -OCH3 is 1. The van der Waals surface area contributed by atoms with E-state index < -0.39 is 6.04 Å². The highest BCUT2D eigenvalue weighted by atomic mass is 35.5. The molecule has 2 amide bonds. The number of hydrogen-bond acceptors (Lipinski definition) is 4. The summed E-state index contributed by atoms with van der Waals surface area (Å²) in [5.41, 5.74) is 2.05. The van der Waals surface area contributed by atoms with Crippen molar-refractivity contribution >= 4 is 35.2 Å². The van der Waals surface area contributed by atoms with Crippen molar-refractivity contribution in [1.29, 1.82) is 0 Å². The number of amides is 2. The van der Waals surface area contributed by atoms with Crippen molar-refractivity contribution in [2.24, 2.45) is 5.92 Å². The topological polar surface area (TPSA) is 58.6 Å². The molecule has 0 spiro atoms. The van der Waals surface area contributed by atoms with Crippen molar-refractivity contribution in [2.75, 3.05) is 19.4 Å². The Morgan fingerprint density at radius 2 is 1.65 bits per heavy atom. The molecule has 7 heteroatoms. The minimum absolute atomic E-state index is 0.0688. The van der Waals surface area contributed by atoms with Gasteiger partial charge >= 0.3 is 0 Å². The molecule has 0 aliphatic carbocycles. The van der Waals surface area contributed by atoms with Crippen molar-refractivity contribution < 1.29 is 14.3 Å². The second kappa shape index (κ2) is 12.6. The summed E-state index contributed by atoms with van der Waals surface area (Å²) >= 11 is 7.52. The average Bonchev–Trinajstić information content (AvgIpc) is 2.76.